The van der Waals surface area contributed by atoms with Crippen LogP contribution >= 0.6 is 0 Å². The number of hydrogen-bond acceptors (Lipinski definition) is 5. The van der Waals surface area contributed by atoms with Crippen molar-refractivity contribution in [3.63, 3.8) is 0 Å². The van der Waals surface area contributed by atoms with Gasteiger partial charge in [0.05, 0.1) is 25.3 Å². The predicted octanol–water partition coefficient (Wildman–Crippen LogP) is 8.05. The fourth-order valence-electron chi connectivity index (χ4n) is 5.67. The lowest BCUT2D eigenvalue weighted by atomic mass is 9.83. The molecule has 1 aliphatic rings. The van der Waals surface area contributed by atoms with Gasteiger partial charge in [-0.15, -0.1) is 0 Å². The van der Waals surface area contributed by atoms with E-state index in [1.807, 2.05) is 76.2 Å². The van der Waals surface area contributed by atoms with E-state index < -0.39 is 29.6 Å². The molecule has 4 aromatic rings. The number of carbonyl (C=O) groups is 2. The van der Waals surface area contributed by atoms with E-state index in [-0.39, 0.29) is 24.1 Å². The van der Waals surface area contributed by atoms with Gasteiger partial charge in [0, 0.05) is 11.5 Å². The van der Waals surface area contributed by atoms with Crippen molar-refractivity contribution in [2.75, 3.05) is 13.7 Å². The summed E-state index contributed by atoms with van der Waals surface area (Å²) in [5.41, 5.74) is 1.76. The highest BCUT2D eigenvalue weighted by atomic mass is 19.1. The number of esters is 1. The first-order valence-electron chi connectivity index (χ1n) is 14.2. The number of carbonyl (C=O) groups excluding carboxylic acids is 2. The smallest absolute Gasteiger partial charge is 0.410 e. The maximum Gasteiger partial charge on any atom is 0.410 e. The molecule has 218 valence electrons. The number of hydrogen-bond donors (Lipinski definition) is 0. The second-order valence-corrected chi connectivity index (χ2v) is 11.7. The molecule has 1 unspecified atom stereocenters. The third-order valence-electron chi connectivity index (χ3n) is 7.65. The zero-order chi connectivity index (χ0) is 30.0. The van der Waals surface area contributed by atoms with Crippen LogP contribution in [0.5, 0.6) is 5.75 Å². The summed E-state index contributed by atoms with van der Waals surface area (Å²) in [5, 5.41) is 2.14. The predicted molar refractivity (Wildman–Crippen MR) is 160 cm³/mol. The second kappa shape index (κ2) is 11.8. The van der Waals surface area contributed by atoms with Gasteiger partial charge in [-0.05, 0) is 74.2 Å². The molecule has 0 radical (unpaired) electrons. The zero-order valence-corrected chi connectivity index (χ0v) is 24.6. The Kier molecular flexibility index (Phi) is 8.21. The van der Waals surface area contributed by atoms with Crippen LogP contribution in [0.25, 0.3) is 10.8 Å². The van der Waals surface area contributed by atoms with Crippen molar-refractivity contribution >= 4 is 22.8 Å². The molecular weight excluding hydrogens is 533 g/mol. The second-order valence-electron chi connectivity index (χ2n) is 11.7. The molecule has 0 N–H and O–H groups in total. The first-order chi connectivity index (χ1) is 20.1. The number of nitrogens with zero attached hydrogens (tertiary/aromatic N) is 1. The Hall–Kier alpha value is -4.39. The van der Waals surface area contributed by atoms with Crippen molar-refractivity contribution in [1.29, 1.82) is 0 Å². The van der Waals surface area contributed by atoms with Gasteiger partial charge in [0.15, 0.2) is 0 Å². The maximum atomic E-state index is 15.5. The first kappa shape index (κ1) is 29.1. The molecule has 0 spiro atoms. The van der Waals surface area contributed by atoms with Crippen molar-refractivity contribution in [3.05, 3.63) is 113 Å². The number of methoxy groups -OCH3 is 1. The zero-order valence-electron chi connectivity index (χ0n) is 24.6. The number of halogens is 1. The summed E-state index contributed by atoms with van der Waals surface area (Å²) in [4.78, 5) is 27.4. The van der Waals surface area contributed by atoms with Gasteiger partial charge in [0.1, 0.15) is 23.3 Å². The molecule has 42 heavy (non-hydrogen) atoms. The van der Waals surface area contributed by atoms with Crippen LogP contribution in [0.2, 0.25) is 0 Å². The summed E-state index contributed by atoms with van der Waals surface area (Å²) in [6, 6.07) is 25.8. The highest BCUT2D eigenvalue weighted by molar-refractivity contribution is 5.89. The molecule has 1 amide bonds. The summed E-state index contributed by atoms with van der Waals surface area (Å²) in [6.07, 6.45) is -0.474. The highest BCUT2D eigenvalue weighted by Gasteiger charge is 2.36. The number of amides is 1. The average molecular weight is 570 g/mol. The van der Waals surface area contributed by atoms with Crippen molar-refractivity contribution in [2.45, 2.75) is 57.8 Å². The molecule has 0 aromatic heterocycles. The Morgan fingerprint density at radius 1 is 0.976 bits per heavy atom. The molecule has 1 aliphatic heterocycles. The number of ether oxygens (including phenoxy) is 3. The quantitative estimate of drug-likeness (QED) is 0.220. The van der Waals surface area contributed by atoms with Gasteiger partial charge in [-0.2, -0.15) is 0 Å². The van der Waals surface area contributed by atoms with Crippen LogP contribution in [-0.2, 0) is 9.47 Å². The Morgan fingerprint density at radius 2 is 1.69 bits per heavy atom. The molecule has 0 bridgehead atoms. The van der Waals surface area contributed by atoms with E-state index in [9.17, 15) is 9.59 Å². The van der Waals surface area contributed by atoms with Crippen LogP contribution in [0.4, 0.5) is 9.18 Å². The Balaban J connectivity index is 1.50. The molecule has 0 aliphatic carbocycles. The SMILES string of the molecule is COC(=O)c1ccc(C2C[C@H](CN(C(=O)OC(C)(C)C)[C@H](C)c3cccc4ccccc34)Oc3ccccc32)c(F)c1. The van der Waals surface area contributed by atoms with Gasteiger partial charge in [-0.1, -0.05) is 66.7 Å². The van der Waals surface area contributed by atoms with Crippen molar-refractivity contribution in [1.82, 2.24) is 4.90 Å². The van der Waals surface area contributed by atoms with E-state index in [1.54, 1.807) is 17.0 Å². The fraction of sp³-hybridized carbons (Fsp3) is 0.314. The van der Waals surface area contributed by atoms with Crippen molar-refractivity contribution in [3.8, 4) is 5.75 Å². The molecule has 4 aromatic carbocycles. The van der Waals surface area contributed by atoms with Crippen LogP contribution in [-0.4, -0.2) is 42.3 Å². The van der Waals surface area contributed by atoms with Crippen LogP contribution in [0.15, 0.2) is 84.9 Å². The first-order valence-corrected chi connectivity index (χ1v) is 14.2. The minimum Gasteiger partial charge on any atom is -0.488 e. The maximum absolute atomic E-state index is 15.5. The fourth-order valence-corrected chi connectivity index (χ4v) is 5.67. The molecule has 6 nitrogen and oxygen atoms in total. The monoisotopic (exact) mass is 569 g/mol. The standard InChI is InChI=1S/C35H36FNO5/c1-22(26-15-10-12-23-11-6-7-13-27(23)26)37(34(39)42-35(2,3)4)21-25-20-30(29-14-8-9-16-32(29)41-25)28-18-17-24(19-31(28)36)33(38)40-5/h6-19,22,25,30H,20-21H2,1-5H3/t22-,25-,30?/m1/s1. The lowest BCUT2D eigenvalue weighted by Gasteiger charge is -2.38. The van der Waals surface area contributed by atoms with E-state index in [0.29, 0.717) is 17.7 Å². The summed E-state index contributed by atoms with van der Waals surface area (Å²) in [5.74, 6) is -0.801. The molecule has 7 heteroatoms. The van der Waals surface area contributed by atoms with E-state index in [4.69, 9.17) is 14.2 Å². The van der Waals surface area contributed by atoms with Crippen LogP contribution in [0.1, 0.15) is 73.1 Å². The van der Waals surface area contributed by atoms with E-state index >= 15 is 4.39 Å². The molecule has 0 saturated heterocycles. The average Bonchev–Trinajstić information content (AvgIpc) is 2.97. The lowest BCUT2D eigenvalue weighted by Crippen LogP contribution is -2.45. The summed E-state index contributed by atoms with van der Waals surface area (Å²) >= 11 is 0. The number of fused-ring (bicyclic) bond motifs is 2. The van der Waals surface area contributed by atoms with Crippen LogP contribution in [0, 0.1) is 5.82 Å². The van der Waals surface area contributed by atoms with Crippen LogP contribution < -0.4 is 4.74 Å². The largest absolute Gasteiger partial charge is 0.488 e. The van der Waals surface area contributed by atoms with Gasteiger partial charge in [0.2, 0.25) is 0 Å². The van der Waals surface area contributed by atoms with Gasteiger partial charge >= 0.3 is 12.1 Å². The minimum atomic E-state index is -0.694. The Bertz CT molecular complexity index is 1610. The Morgan fingerprint density at radius 3 is 2.43 bits per heavy atom. The number of para-hydroxylation sites is 1. The third-order valence-corrected chi connectivity index (χ3v) is 7.65. The highest BCUT2D eigenvalue weighted by Crippen LogP contribution is 2.42. The molecule has 5 rings (SSSR count). The summed E-state index contributed by atoms with van der Waals surface area (Å²) in [6.45, 7) is 7.75. The van der Waals surface area contributed by atoms with Crippen molar-refractivity contribution in [2.24, 2.45) is 0 Å². The van der Waals surface area contributed by atoms with Gasteiger partial charge in [0.25, 0.3) is 0 Å². The lowest BCUT2D eigenvalue weighted by molar-refractivity contribution is 0.00566. The normalized spacial score (nSPS) is 17.1. The van der Waals surface area contributed by atoms with Crippen molar-refractivity contribution < 1.29 is 28.2 Å². The summed E-state index contributed by atoms with van der Waals surface area (Å²) in [7, 11) is 1.27. The van der Waals surface area contributed by atoms with Crippen LogP contribution in [0.3, 0.4) is 0 Å². The Labute approximate surface area is 246 Å². The molecule has 0 fully saturated rings. The van der Waals surface area contributed by atoms with Gasteiger partial charge < -0.3 is 14.2 Å². The molecule has 1 heterocycles. The molecule has 0 saturated carbocycles. The molecule has 3 atom stereocenters. The van der Waals surface area contributed by atoms with Gasteiger partial charge in [-0.25, -0.2) is 14.0 Å². The van der Waals surface area contributed by atoms with Gasteiger partial charge in [-0.3, -0.25) is 4.90 Å². The minimum absolute atomic E-state index is 0.149. The summed E-state index contributed by atoms with van der Waals surface area (Å²) < 4.78 is 32.6. The third kappa shape index (κ3) is 6.10. The topological polar surface area (TPSA) is 65.1 Å². The van der Waals surface area contributed by atoms with E-state index in [0.717, 1.165) is 21.9 Å². The van der Waals surface area contributed by atoms with E-state index in [1.165, 1.54) is 13.2 Å². The number of benzene rings is 4. The van der Waals surface area contributed by atoms with E-state index in [2.05, 4.69) is 18.2 Å². The number of rotatable bonds is 6. The molecular formula is C35H36FNO5.